The summed E-state index contributed by atoms with van der Waals surface area (Å²) in [4.78, 5) is 6.21. The van der Waals surface area contributed by atoms with Crippen molar-refractivity contribution in [1.29, 1.82) is 0 Å². The van der Waals surface area contributed by atoms with Crippen molar-refractivity contribution in [2.24, 2.45) is 10.7 Å². The van der Waals surface area contributed by atoms with Gasteiger partial charge in [-0.3, -0.25) is 0 Å². The maximum absolute atomic E-state index is 14.1. The Balaban J connectivity index is 2.65. The van der Waals surface area contributed by atoms with Gasteiger partial charge in [0.2, 0.25) is 0 Å². The topological polar surface area (TPSA) is 53.6 Å². The first kappa shape index (κ1) is 17.3. The summed E-state index contributed by atoms with van der Waals surface area (Å²) in [5.74, 6) is 0.209. The molecule has 0 saturated heterocycles. The fraction of sp³-hybridized carbons (Fsp3) is 0.562. The number of rotatable bonds is 8. The van der Waals surface area contributed by atoms with Crippen LogP contribution in [-0.2, 0) is 6.54 Å². The molecule has 0 aliphatic heterocycles. The maximum atomic E-state index is 14.1. The fourth-order valence-corrected chi connectivity index (χ4v) is 2.10. The van der Waals surface area contributed by atoms with Gasteiger partial charge in [0.05, 0.1) is 12.2 Å². The maximum Gasteiger partial charge on any atom is 0.188 e. The van der Waals surface area contributed by atoms with Crippen molar-refractivity contribution in [2.75, 3.05) is 24.5 Å². The number of unbranched alkanes of at least 4 members (excludes halogenated alkanes) is 1. The Morgan fingerprint density at radius 1 is 1.29 bits per heavy atom. The van der Waals surface area contributed by atoms with Crippen LogP contribution in [0.5, 0.6) is 0 Å². The largest absolute Gasteiger partial charge is 0.370 e. The Morgan fingerprint density at radius 2 is 2.00 bits per heavy atom. The van der Waals surface area contributed by atoms with Gasteiger partial charge in [0.15, 0.2) is 5.96 Å². The standard InChI is InChI=1S/C16H27FN4/c1-4-7-10-19-16(18)20-12-13-8-9-15(14(17)11-13)21(5-2)6-3/h8-9,11H,4-7,10,12H2,1-3H3,(H3,18,19,20). The lowest BCUT2D eigenvalue weighted by Crippen LogP contribution is -2.32. The van der Waals surface area contributed by atoms with E-state index in [4.69, 9.17) is 5.73 Å². The summed E-state index contributed by atoms with van der Waals surface area (Å²) in [6.45, 7) is 8.95. The number of nitrogens with two attached hydrogens (primary N) is 1. The molecule has 118 valence electrons. The van der Waals surface area contributed by atoms with Gasteiger partial charge < -0.3 is 16.0 Å². The van der Waals surface area contributed by atoms with Gasteiger partial charge in [-0.1, -0.05) is 19.4 Å². The molecular formula is C16H27FN4. The molecule has 5 heteroatoms. The Bertz CT molecular complexity index is 456. The summed E-state index contributed by atoms with van der Waals surface area (Å²) in [5, 5.41) is 3.04. The molecule has 21 heavy (non-hydrogen) atoms. The van der Waals surface area contributed by atoms with Crippen LogP contribution >= 0.6 is 0 Å². The minimum absolute atomic E-state index is 0.205. The van der Waals surface area contributed by atoms with E-state index in [0.29, 0.717) is 18.2 Å². The molecule has 0 radical (unpaired) electrons. The summed E-state index contributed by atoms with van der Waals surface area (Å²) < 4.78 is 14.1. The number of anilines is 1. The van der Waals surface area contributed by atoms with Crippen LogP contribution in [0.15, 0.2) is 23.2 Å². The Kier molecular flexibility index (Phi) is 7.58. The lowest BCUT2D eigenvalue weighted by Gasteiger charge is -2.21. The van der Waals surface area contributed by atoms with Gasteiger partial charge in [0.25, 0.3) is 0 Å². The van der Waals surface area contributed by atoms with Crippen LogP contribution in [0.3, 0.4) is 0 Å². The normalized spacial score (nSPS) is 11.5. The van der Waals surface area contributed by atoms with Crippen LogP contribution in [0.25, 0.3) is 0 Å². The molecule has 0 heterocycles. The van der Waals surface area contributed by atoms with Crippen molar-refractivity contribution in [3.63, 3.8) is 0 Å². The lowest BCUT2D eigenvalue weighted by atomic mass is 10.2. The number of hydrogen-bond donors (Lipinski definition) is 2. The summed E-state index contributed by atoms with van der Waals surface area (Å²) in [6, 6.07) is 5.25. The summed E-state index contributed by atoms with van der Waals surface area (Å²) in [6.07, 6.45) is 2.17. The molecule has 0 aromatic heterocycles. The van der Waals surface area contributed by atoms with Crippen molar-refractivity contribution >= 4 is 11.6 Å². The zero-order chi connectivity index (χ0) is 15.7. The number of aliphatic imine (C=N–C) groups is 1. The van der Waals surface area contributed by atoms with E-state index in [1.54, 1.807) is 0 Å². The minimum atomic E-state index is -0.205. The fourth-order valence-electron chi connectivity index (χ4n) is 2.10. The number of nitrogens with one attached hydrogen (secondary N) is 1. The first-order chi connectivity index (χ1) is 10.1. The van der Waals surface area contributed by atoms with Gasteiger partial charge in [-0.2, -0.15) is 0 Å². The average Bonchev–Trinajstić information content (AvgIpc) is 2.48. The molecule has 0 spiro atoms. The van der Waals surface area contributed by atoms with Crippen molar-refractivity contribution in [3.05, 3.63) is 29.6 Å². The van der Waals surface area contributed by atoms with Gasteiger partial charge in [-0.05, 0) is 38.0 Å². The van der Waals surface area contributed by atoms with E-state index in [-0.39, 0.29) is 5.82 Å². The minimum Gasteiger partial charge on any atom is -0.370 e. The molecule has 0 saturated carbocycles. The molecule has 1 aromatic rings. The molecule has 0 unspecified atom stereocenters. The first-order valence-electron chi connectivity index (χ1n) is 7.69. The number of halogens is 1. The quantitative estimate of drug-likeness (QED) is 0.440. The summed E-state index contributed by atoms with van der Waals surface area (Å²) in [5.41, 5.74) is 7.22. The zero-order valence-corrected chi connectivity index (χ0v) is 13.3. The molecule has 1 aromatic carbocycles. The van der Waals surface area contributed by atoms with Crippen LogP contribution in [0.2, 0.25) is 0 Å². The highest BCUT2D eigenvalue weighted by Gasteiger charge is 2.08. The van der Waals surface area contributed by atoms with Crippen LogP contribution in [0, 0.1) is 5.82 Å². The second-order valence-corrected chi connectivity index (χ2v) is 4.94. The number of benzene rings is 1. The predicted molar refractivity (Wildman–Crippen MR) is 88.2 cm³/mol. The van der Waals surface area contributed by atoms with E-state index in [1.807, 2.05) is 30.9 Å². The summed E-state index contributed by atoms with van der Waals surface area (Å²) >= 11 is 0. The number of nitrogens with zero attached hydrogens (tertiary/aromatic N) is 2. The second kappa shape index (κ2) is 9.21. The first-order valence-corrected chi connectivity index (χ1v) is 7.69. The molecule has 0 bridgehead atoms. The zero-order valence-electron chi connectivity index (χ0n) is 13.3. The third kappa shape index (κ3) is 5.61. The molecule has 3 N–H and O–H groups in total. The van der Waals surface area contributed by atoms with Gasteiger partial charge in [0.1, 0.15) is 5.82 Å². The summed E-state index contributed by atoms with van der Waals surface area (Å²) in [7, 11) is 0. The van der Waals surface area contributed by atoms with E-state index >= 15 is 0 Å². The van der Waals surface area contributed by atoms with E-state index in [9.17, 15) is 4.39 Å². The van der Waals surface area contributed by atoms with Crippen LogP contribution in [0.1, 0.15) is 39.2 Å². The van der Waals surface area contributed by atoms with Crippen molar-refractivity contribution in [1.82, 2.24) is 5.32 Å². The van der Waals surface area contributed by atoms with E-state index < -0.39 is 0 Å². The number of hydrogen-bond acceptors (Lipinski definition) is 2. The van der Waals surface area contributed by atoms with E-state index in [0.717, 1.165) is 38.0 Å². The van der Waals surface area contributed by atoms with Crippen LogP contribution < -0.4 is 16.0 Å². The monoisotopic (exact) mass is 294 g/mol. The highest BCUT2D eigenvalue weighted by molar-refractivity contribution is 5.77. The van der Waals surface area contributed by atoms with Gasteiger partial charge in [-0.25, -0.2) is 9.38 Å². The average molecular weight is 294 g/mol. The molecule has 1 rings (SSSR count). The predicted octanol–water partition coefficient (Wildman–Crippen LogP) is 2.88. The highest BCUT2D eigenvalue weighted by Crippen LogP contribution is 2.20. The third-order valence-corrected chi connectivity index (χ3v) is 3.38. The number of guanidine groups is 1. The van der Waals surface area contributed by atoms with Crippen molar-refractivity contribution < 1.29 is 4.39 Å². The Hall–Kier alpha value is -1.78. The Morgan fingerprint density at radius 3 is 2.57 bits per heavy atom. The molecule has 0 fully saturated rings. The highest BCUT2D eigenvalue weighted by atomic mass is 19.1. The molecule has 4 nitrogen and oxygen atoms in total. The molecule has 0 amide bonds. The SMILES string of the molecule is CCCCNC(N)=NCc1ccc(N(CC)CC)c(F)c1. The van der Waals surface area contributed by atoms with Gasteiger partial charge in [-0.15, -0.1) is 0 Å². The van der Waals surface area contributed by atoms with Crippen LogP contribution in [0.4, 0.5) is 10.1 Å². The van der Waals surface area contributed by atoms with Crippen molar-refractivity contribution in [2.45, 2.75) is 40.2 Å². The third-order valence-electron chi connectivity index (χ3n) is 3.38. The molecule has 0 atom stereocenters. The van der Waals surface area contributed by atoms with Gasteiger partial charge >= 0.3 is 0 Å². The molecule has 0 aliphatic carbocycles. The lowest BCUT2D eigenvalue weighted by molar-refractivity contribution is 0.617. The second-order valence-electron chi connectivity index (χ2n) is 4.94. The molecular weight excluding hydrogens is 267 g/mol. The van der Waals surface area contributed by atoms with E-state index in [1.165, 1.54) is 6.07 Å². The van der Waals surface area contributed by atoms with E-state index in [2.05, 4.69) is 17.2 Å². The smallest absolute Gasteiger partial charge is 0.188 e. The van der Waals surface area contributed by atoms with Crippen LogP contribution in [-0.4, -0.2) is 25.6 Å². The van der Waals surface area contributed by atoms with Gasteiger partial charge in [0, 0.05) is 19.6 Å². The Labute approximate surface area is 127 Å². The molecule has 0 aliphatic rings. The van der Waals surface area contributed by atoms with Crippen molar-refractivity contribution in [3.8, 4) is 0 Å².